The maximum Gasteiger partial charge on any atom is 0.191 e. The van der Waals surface area contributed by atoms with E-state index in [-0.39, 0.29) is 24.0 Å². The van der Waals surface area contributed by atoms with Crippen molar-refractivity contribution in [3.8, 4) is 0 Å². The lowest BCUT2D eigenvalue weighted by atomic mass is 10.1. The van der Waals surface area contributed by atoms with Crippen LogP contribution in [0.25, 0.3) is 0 Å². The first kappa shape index (κ1) is 21.2. The van der Waals surface area contributed by atoms with Crippen molar-refractivity contribution in [2.75, 3.05) is 7.05 Å². The molecule has 1 heterocycles. The minimum absolute atomic E-state index is 0. The Morgan fingerprint density at radius 2 is 1.74 bits per heavy atom. The fourth-order valence-corrected chi connectivity index (χ4v) is 2.66. The topological polar surface area (TPSA) is 67.1 Å². The van der Waals surface area contributed by atoms with Crippen LogP contribution in [0.15, 0.2) is 66.2 Å². The van der Waals surface area contributed by atoms with Crippen LogP contribution >= 0.6 is 35.6 Å². The quantitative estimate of drug-likeness (QED) is 0.312. The molecule has 27 heavy (non-hydrogen) atoms. The van der Waals surface area contributed by atoms with Gasteiger partial charge in [-0.05, 0) is 28.8 Å². The highest BCUT2D eigenvalue weighted by Gasteiger charge is 2.01. The molecule has 0 aliphatic heterocycles. The Labute approximate surface area is 181 Å². The van der Waals surface area contributed by atoms with Crippen LogP contribution in [-0.4, -0.2) is 27.8 Å². The first-order valence-corrected chi connectivity index (χ1v) is 8.70. The average molecular weight is 497 g/mol. The molecule has 1 aromatic heterocycles. The fourth-order valence-electron chi connectivity index (χ4n) is 2.53. The van der Waals surface area contributed by atoms with Crippen LogP contribution in [0.3, 0.4) is 0 Å². The fraction of sp³-hybridized carbons (Fsp3) is 0.211. The Morgan fingerprint density at radius 3 is 2.41 bits per heavy atom. The normalized spacial score (nSPS) is 11.0. The zero-order chi connectivity index (χ0) is 18.2. The van der Waals surface area contributed by atoms with Crippen molar-refractivity contribution in [3.63, 3.8) is 0 Å². The third kappa shape index (κ3) is 6.84. The largest absolute Gasteiger partial charge is 0.352 e. The van der Waals surface area contributed by atoms with E-state index in [1.807, 2.05) is 30.3 Å². The summed E-state index contributed by atoms with van der Waals surface area (Å²) in [6, 6.07) is 16.1. The van der Waals surface area contributed by atoms with Crippen LogP contribution in [0, 0.1) is 0 Å². The van der Waals surface area contributed by atoms with Crippen molar-refractivity contribution in [3.05, 3.63) is 82.9 Å². The van der Waals surface area contributed by atoms with Gasteiger partial charge in [-0.1, -0.05) is 48.0 Å². The molecule has 3 aromatic rings. The first-order valence-electron chi connectivity index (χ1n) is 8.32. The standard InChI is InChI=1S/C19H21ClN6.HI/c1-21-19(23-10-15-5-7-18(20)8-6-15)24-11-16-3-2-4-17(9-16)12-26-14-22-13-25-26;/h2-9,13-14H,10-12H2,1H3,(H2,21,23,24);1H. The van der Waals surface area contributed by atoms with Gasteiger partial charge in [0.1, 0.15) is 12.7 Å². The van der Waals surface area contributed by atoms with Gasteiger partial charge >= 0.3 is 0 Å². The van der Waals surface area contributed by atoms with Gasteiger partial charge in [-0.15, -0.1) is 24.0 Å². The molecule has 8 heteroatoms. The van der Waals surface area contributed by atoms with Gasteiger partial charge in [-0.2, -0.15) is 5.10 Å². The monoisotopic (exact) mass is 496 g/mol. The summed E-state index contributed by atoms with van der Waals surface area (Å²) in [6.45, 7) is 2.08. The van der Waals surface area contributed by atoms with Crippen molar-refractivity contribution < 1.29 is 0 Å². The Morgan fingerprint density at radius 1 is 1.04 bits per heavy atom. The number of nitrogens with zero attached hydrogens (tertiary/aromatic N) is 4. The molecule has 142 valence electrons. The van der Waals surface area contributed by atoms with Gasteiger partial charge in [0.25, 0.3) is 0 Å². The molecule has 0 spiro atoms. The zero-order valence-corrected chi connectivity index (χ0v) is 18.1. The van der Waals surface area contributed by atoms with Crippen LogP contribution in [0.1, 0.15) is 16.7 Å². The molecule has 0 saturated carbocycles. The van der Waals surface area contributed by atoms with E-state index in [0.717, 1.165) is 16.5 Å². The predicted molar refractivity (Wildman–Crippen MR) is 119 cm³/mol. The van der Waals surface area contributed by atoms with Gasteiger partial charge in [0, 0.05) is 25.2 Å². The second kappa shape index (κ2) is 10.9. The van der Waals surface area contributed by atoms with E-state index in [9.17, 15) is 0 Å². The van der Waals surface area contributed by atoms with E-state index in [0.29, 0.717) is 19.6 Å². The zero-order valence-electron chi connectivity index (χ0n) is 15.0. The molecule has 3 rings (SSSR count). The van der Waals surface area contributed by atoms with Crippen LogP contribution < -0.4 is 10.6 Å². The lowest BCUT2D eigenvalue weighted by Gasteiger charge is -2.13. The summed E-state index contributed by atoms with van der Waals surface area (Å²) in [4.78, 5) is 8.23. The highest BCUT2D eigenvalue weighted by molar-refractivity contribution is 14.0. The molecule has 2 aromatic carbocycles. The smallest absolute Gasteiger partial charge is 0.191 e. The van der Waals surface area contributed by atoms with E-state index in [2.05, 4.69) is 43.9 Å². The van der Waals surface area contributed by atoms with Gasteiger partial charge in [0.05, 0.1) is 6.54 Å². The van der Waals surface area contributed by atoms with Gasteiger partial charge in [0.2, 0.25) is 0 Å². The summed E-state index contributed by atoms with van der Waals surface area (Å²) in [5.74, 6) is 0.752. The Balaban J connectivity index is 0.00000261. The summed E-state index contributed by atoms with van der Waals surface area (Å²) in [6.07, 6.45) is 3.26. The van der Waals surface area contributed by atoms with Crippen LogP contribution in [-0.2, 0) is 19.6 Å². The minimum atomic E-state index is 0. The van der Waals surface area contributed by atoms with Crippen molar-refractivity contribution in [1.29, 1.82) is 0 Å². The van der Waals surface area contributed by atoms with Crippen molar-refractivity contribution >= 4 is 41.5 Å². The molecule has 0 aliphatic rings. The van der Waals surface area contributed by atoms with E-state index in [1.165, 1.54) is 11.1 Å². The molecule has 0 atom stereocenters. The maximum absolute atomic E-state index is 5.91. The lowest BCUT2D eigenvalue weighted by Crippen LogP contribution is -2.36. The number of nitrogens with one attached hydrogen (secondary N) is 2. The van der Waals surface area contributed by atoms with Crippen LogP contribution in [0.5, 0.6) is 0 Å². The number of aromatic nitrogens is 3. The van der Waals surface area contributed by atoms with Crippen LogP contribution in [0.4, 0.5) is 0 Å². The molecular formula is C19H22ClIN6. The Kier molecular flexibility index (Phi) is 8.53. The predicted octanol–water partition coefficient (Wildman–Crippen LogP) is 3.46. The third-order valence-corrected chi connectivity index (χ3v) is 4.11. The first-order chi connectivity index (χ1) is 12.7. The third-order valence-electron chi connectivity index (χ3n) is 3.86. The van der Waals surface area contributed by atoms with Gasteiger partial charge in [0.15, 0.2) is 5.96 Å². The second-order valence-corrected chi connectivity index (χ2v) is 6.26. The SMILES string of the molecule is CN=C(NCc1ccc(Cl)cc1)NCc1cccc(Cn2cncn2)c1.I. The molecule has 0 fully saturated rings. The van der Waals surface area contributed by atoms with E-state index >= 15 is 0 Å². The molecular weight excluding hydrogens is 475 g/mol. The average Bonchev–Trinajstić information content (AvgIpc) is 3.16. The molecule has 0 unspecified atom stereocenters. The Hall–Kier alpha value is -2.13. The van der Waals surface area contributed by atoms with Gasteiger partial charge in [-0.25, -0.2) is 9.67 Å². The molecule has 0 radical (unpaired) electrons. The number of benzene rings is 2. The van der Waals surface area contributed by atoms with Crippen molar-refractivity contribution in [1.82, 2.24) is 25.4 Å². The van der Waals surface area contributed by atoms with E-state index < -0.39 is 0 Å². The van der Waals surface area contributed by atoms with Gasteiger partial charge in [-0.3, -0.25) is 4.99 Å². The molecule has 0 aliphatic carbocycles. The van der Waals surface area contributed by atoms with Gasteiger partial charge < -0.3 is 10.6 Å². The number of aliphatic imine (C=N–C) groups is 1. The summed E-state index contributed by atoms with van der Waals surface area (Å²) >= 11 is 5.91. The molecule has 0 saturated heterocycles. The molecule has 6 nitrogen and oxygen atoms in total. The highest BCUT2D eigenvalue weighted by atomic mass is 127. The molecule has 2 N–H and O–H groups in total. The van der Waals surface area contributed by atoms with Crippen molar-refractivity contribution in [2.24, 2.45) is 4.99 Å². The summed E-state index contributed by atoms with van der Waals surface area (Å²) in [7, 11) is 1.76. The Bertz CT molecular complexity index is 849. The summed E-state index contributed by atoms with van der Waals surface area (Å²) < 4.78 is 1.80. The number of guanidine groups is 1. The number of hydrogen-bond acceptors (Lipinski definition) is 3. The maximum atomic E-state index is 5.91. The number of halogens is 2. The van der Waals surface area contributed by atoms with Crippen molar-refractivity contribution in [2.45, 2.75) is 19.6 Å². The van der Waals surface area contributed by atoms with Crippen LogP contribution in [0.2, 0.25) is 5.02 Å². The highest BCUT2D eigenvalue weighted by Crippen LogP contribution is 2.09. The number of hydrogen-bond donors (Lipinski definition) is 2. The summed E-state index contributed by atoms with van der Waals surface area (Å²) in [5, 5.41) is 11.5. The lowest BCUT2D eigenvalue weighted by molar-refractivity contribution is 0.683. The second-order valence-electron chi connectivity index (χ2n) is 5.82. The minimum Gasteiger partial charge on any atom is -0.352 e. The molecule has 0 amide bonds. The van der Waals surface area contributed by atoms with E-state index in [1.54, 1.807) is 24.4 Å². The molecule has 0 bridgehead atoms. The van der Waals surface area contributed by atoms with E-state index in [4.69, 9.17) is 11.6 Å². The number of rotatable bonds is 6. The summed E-state index contributed by atoms with van der Waals surface area (Å²) in [5.41, 5.74) is 3.50.